The first-order chi connectivity index (χ1) is 13.1. The van der Waals surface area contributed by atoms with Crippen molar-refractivity contribution in [1.29, 1.82) is 0 Å². The van der Waals surface area contributed by atoms with Crippen molar-refractivity contribution >= 4 is 16.6 Å². The first-order valence-electron chi connectivity index (χ1n) is 8.25. The molecule has 0 aliphatic rings. The van der Waals surface area contributed by atoms with Crippen LogP contribution in [0.2, 0.25) is 0 Å². The molecule has 7 heteroatoms. The van der Waals surface area contributed by atoms with Gasteiger partial charge < -0.3 is 0 Å². The summed E-state index contributed by atoms with van der Waals surface area (Å²) < 4.78 is 1.30. The van der Waals surface area contributed by atoms with Crippen LogP contribution in [-0.4, -0.2) is 19.7 Å². The van der Waals surface area contributed by atoms with Crippen molar-refractivity contribution in [2.24, 2.45) is 0 Å². The fourth-order valence-electron chi connectivity index (χ4n) is 2.97. The zero-order valence-electron chi connectivity index (χ0n) is 14.4. The van der Waals surface area contributed by atoms with E-state index in [1.807, 2.05) is 18.2 Å². The van der Waals surface area contributed by atoms with Gasteiger partial charge in [0.1, 0.15) is 11.2 Å². The van der Waals surface area contributed by atoms with Gasteiger partial charge in [0.05, 0.1) is 16.0 Å². The van der Waals surface area contributed by atoms with Gasteiger partial charge in [0, 0.05) is 23.4 Å². The minimum Gasteiger partial charge on any atom is -0.267 e. The van der Waals surface area contributed by atoms with Crippen LogP contribution >= 0.6 is 0 Å². The van der Waals surface area contributed by atoms with E-state index in [0.717, 1.165) is 0 Å². The zero-order valence-corrected chi connectivity index (χ0v) is 14.4. The Kier molecular flexibility index (Phi) is 3.97. The summed E-state index contributed by atoms with van der Waals surface area (Å²) >= 11 is 0. The van der Waals surface area contributed by atoms with Crippen molar-refractivity contribution < 1.29 is 4.92 Å². The molecule has 0 saturated carbocycles. The van der Waals surface area contributed by atoms with E-state index in [1.54, 1.807) is 49.5 Å². The lowest BCUT2D eigenvalue weighted by atomic mass is 10.1. The van der Waals surface area contributed by atoms with Crippen molar-refractivity contribution in [1.82, 2.24) is 14.8 Å². The second kappa shape index (κ2) is 6.45. The molecule has 0 aliphatic heterocycles. The molecule has 0 spiro atoms. The molecule has 2 heterocycles. The Morgan fingerprint density at radius 3 is 2.56 bits per heavy atom. The predicted molar refractivity (Wildman–Crippen MR) is 102 cm³/mol. The van der Waals surface area contributed by atoms with Crippen LogP contribution in [0.25, 0.3) is 27.8 Å². The van der Waals surface area contributed by atoms with Gasteiger partial charge in [0.2, 0.25) is 0 Å². The normalized spacial score (nSPS) is 10.9. The molecule has 0 atom stereocenters. The fourth-order valence-corrected chi connectivity index (χ4v) is 2.97. The van der Waals surface area contributed by atoms with Gasteiger partial charge in [0.25, 0.3) is 11.2 Å². The third-order valence-corrected chi connectivity index (χ3v) is 4.33. The van der Waals surface area contributed by atoms with Gasteiger partial charge in [-0.05, 0) is 31.2 Å². The molecule has 0 amide bonds. The maximum atomic E-state index is 12.9. The average molecular weight is 358 g/mol. The molecular formula is C20H14N4O3. The Hall–Kier alpha value is -3.87. The van der Waals surface area contributed by atoms with Gasteiger partial charge in [-0.15, -0.1) is 0 Å². The van der Waals surface area contributed by atoms with Crippen molar-refractivity contribution in [3.05, 3.63) is 92.9 Å². The Morgan fingerprint density at radius 1 is 1.04 bits per heavy atom. The molecule has 2 aromatic heterocycles. The number of aryl methyl sites for hydroxylation is 1. The summed E-state index contributed by atoms with van der Waals surface area (Å²) in [5, 5.41) is 16.2. The van der Waals surface area contributed by atoms with Crippen molar-refractivity contribution in [3.8, 4) is 16.9 Å². The van der Waals surface area contributed by atoms with E-state index >= 15 is 0 Å². The minimum atomic E-state index is -0.429. The first kappa shape index (κ1) is 16.6. The third kappa shape index (κ3) is 2.85. The van der Waals surface area contributed by atoms with Crippen LogP contribution in [0, 0.1) is 17.0 Å². The molecule has 0 fully saturated rings. The number of hydrogen-bond acceptors (Lipinski definition) is 5. The average Bonchev–Trinajstić information content (AvgIpc) is 2.69. The number of rotatable bonds is 3. The second-order valence-corrected chi connectivity index (χ2v) is 6.06. The summed E-state index contributed by atoms with van der Waals surface area (Å²) in [6.07, 6.45) is 1.57. The molecule has 0 radical (unpaired) electrons. The molecule has 7 nitrogen and oxygen atoms in total. The highest BCUT2D eigenvalue weighted by atomic mass is 16.6. The molecule has 0 bridgehead atoms. The Bertz CT molecular complexity index is 1230. The van der Waals surface area contributed by atoms with Crippen molar-refractivity contribution in [2.45, 2.75) is 6.92 Å². The van der Waals surface area contributed by atoms with E-state index in [0.29, 0.717) is 33.4 Å². The van der Waals surface area contributed by atoms with Crippen LogP contribution in [-0.2, 0) is 0 Å². The van der Waals surface area contributed by atoms with Crippen molar-refractivity contribution in [3.63, 3.8) is 0 Å². The van der Waals surface area contributed by atoms with E-state index in [9.17, 15) is 14.9 Å². The SMILES string of the molecule is Cc1ccc(-c2nn(-c3ccccc3)c(=O)c3cccnc23)cc1[N+](=O)[O-]. The van der Waals surface area contributed by atoms with E-state index < -0.39 is 4.92 Å². The Balaban J connectivity index is 2.07. The number of nitrogens with zero attached hydrogens (tertiary/aromatic N) is 4. The number of benzene rings is 2. The number of nitro benzene ring substituents is 1. The summed E-state index contributed by atoms with van der Waals surface area (Å²) in [5.74, 6) is 0. The van der Waals surface area contributed by atoms with Crippen LogP contribution < -0.4 is 5.56 Å². The number of nitro groups is 1. The van der Waals surface area contributed by atoms with Gasteiger partial charge in [0.15, 0.2) is 0 Å². The molecule has 0 N–H and O–H groups in total. The molecule has 4 rings (SSSR count). The Labute approximate surface area is 153 Å². The highest BCUT2D eigenvalue weighted by Crippen LogP contribution is 2.28. The quantitative estimate of drug-likeness (QED) is 0.412. The van der Waals surface area contributed by atoms with Crippen molar-refractivity contribution in [2.75, 3.05) is 0 Å². The van der Waals surface area contributed by atoms with Gasteiger partial charge in [-0.25, -0.2) is 0 Å². The van der Waals surface area contributed by atoms with E-state index in [2.05, 4.69) is 10.1 Å². The standard InChI is InChI=1S/C20H14N4O3/c1-13-9-10-14(12-17(13)24(26)27)18-19-16(8-5-11-21-19)20(25)23(22-18)15-6-3-2-4-7-15/h2-12H,1H3. The number of fused-ring (bicyclic) bond motifs is 1. The molecule has 0 saturated heterocycles. The number of hydrogen-bond donors (Lipinski definition) is 0. The van der Waals surface area contributed by atoms with E-state index in [-0.39, 0.29) is 11.2 Å². The van der Waals surface area contributed by atoms with Crippen LogP contribution in [0.3, 0.4) is 0 Å². The van der Waals surface area contributed by atoms with Gasteiger partial charge in [-0.2, -0.15) is 9.78 Å². The predicted octanol–water partition coefficient (Wildman–Crippen LogP) is 3.66. The highest BCUT2D eigenvalue weighted by molar-refractivity contribution is 5.91. The lowest BCUT2D eigenvalue weighted by Gasteiger charge is -2.11. The molecule has 0 aliphatic carbocycles. The van der Waals surface area contributed by atoms with E-state index in [4.69, 9.17) is 0 Å². The summed E-state index contributed by atoms with van der Waals surface area (Å²) in [5.41, 5.74) is 2.21. The second-order valence-electron chi connectivity index (χ2n) is 6.06. The maximum absolute atomic E-state index is 12.9. The number of para-hydroxylation sites is 1. The molecule has 132 valence electrons. The van der Waals surface area contributed by atoms with Gasteiger partial charge in [-0.3, -0.25) is 19.9 Å². The van der Waals surface area contributed by atoms with Crippen LogP contribution in [0.4, 0.5) is 5.69 Å². The third-order valence-electron chi connectivity index (χ3n) is 4.33. The minimum absolute atomic E-state index is 0.00385. The summed E-state index contributed by atoms with van der Waals surface area (Å²) in [7, 11) is 0. The summed E-state index contributed by atoms with van der Waals surface area (Å²) in [4.78, 5) is 28.1. The lowest BCUT2D eigenvalue weighted by molar-refractivity contribution is -0.385. The summed E-state index contributed by atoms with van der Waals surface area (Å²) in [6.45, 7) is 1.68. The molecule has 4 aromatic rings. The summed E-state index contributed by atoms with van der Waals surface area (Å²) in [6, 6.07) is 17.3. The fraction of sp³-hybridized carbons (Fsp3) is 0.0500. The lowest BCUT2D eigenvalue weighted by Crippen LogP contribution is -2.22. The number of pyridine rings is 1. The first-order valence-corrected chi connectivity index (χ1v) is 8.25. The molecule has 27 heavy (non-hydrogen) atoms. The topological polar surface area (TPSA) is 90.9 Å². The Morgan fingerprint density at radius 2 is 1.81 bits per heavy atom. The number of aromatic nitrogens is 3. The highest BCUT2D eigenvalue weighted by Gasteiger charge is 2.18. The van der Waals surface area contributed by atoms with E-state index in [1.165, 1.54) is 10.7 Å². The van der Waals surface area contributed by atoms with Crippen LogP contribution in [0.5, 0.6) is 0 Å². The molecule has 2 aromatic carbocycles. The largest absolute Gasteiger partial charge is 0.280 e. The monoisotopic (exact) mass is 358 g/mol. The smallest absolute Gasteiger partial charge is 0.267 e. The maximum Gasteiger partial charge on any atom is 0.280 e. The molecular weight excluding hydrogens is 344 g/mol. The van der Waals surface area contributed by atoms with Crippen LogP contribution in [0.1, 0.15) is 5.56 Å². The molecule has 0 unspecified atom stereocenters. The zero-order chi connectivity index (χ0) is 19.0. The van der Waals surface area contributed by atoms with Gasteiger partial charge in [-0.1, -0.05) is 30.3 Å². The van der Waals surface area contributed by atoms with Gasteiger partial charge >= 0.3 is 0 Å². The van der Waals surface area contributed by atoms with Crippen LogP contribution in [0.15, 0.2) is 71.7 Å².